The minimum absolute atomic E-state index is 0.177. The van der Waals surface area contributed by atoms with Crippen molar-refractivity contribution in [2.45, 2.75) is 26.7 Å². The van der Waals surface area contributed by atoms with Crippen molar-refractivity contribution in [1.82, 2.24) is 0 Å². The lowest BCUT2D eigenvalue weighted by Crippen LogP contribution is -2.02. The summed E-state index contributed by atoms with van der Waals surface area (Å²) >= 11 is 11.1. The maximum absolute atomic E-state index is 11.2. The van der Waals surface area contributed by atoms with E-state index in [-0.39, 0.29) is 5.78 Å². The number of halogens is 2. The van der Waals surface area contributed by atoms with Crippen molar-refractivity contribution in [1.29, 1.82) is 0 Å². The van der Waals surface area contributed by atoms with Crippen molar-refractivity contribution in [3.8, 4) is 0 Å². The van der Waals surface area contributed by atoms with E-state index in [0.29, 0.717) is 29.7 Å². The van der Waals surface area contributed by atoms with Crippen LogP contribution in [0.4, 0.5) is 0 Å². The lowest BCUT2D eigenvalue weighted by molar-refractivity contribution is -0.119. The van der Waals surface area contributed by atoms with Crippen molar-refractivity contribution in [2.75, 3.05) is 5.88 Å². The summed E-state index contributed by atoms with van der Waals surface area (Å²) in [5, 5.41) is 0.552. The van der Waals surface area contributed by atoms with E-state index in [4.69, 9.17) is 23.2 Å². The third kappa shape index (κ3) is 6.68. The molecule has 0 spiro atoms. The highest BCUT2D eigenvalue weighted by atomic mass is 35.5. The molecule has 0 unspecified atom stereocenters. The topological polar surface area (TPSA) is 17.1 Å². The maximum Gasteiger partial charge on any atom is 0.138 e. The second-order valence-corrected chi connectivity index (χ2v) is 3.91. The first kappa shape index (κ1) is 12.0. The van der Waals surface area contributed by atoms with E-state index in [1.165, 1.54) is 0 Å². The van der Waals surface area contributed by atoms with Gasteiger partial charge in [-0.15, -0.1) is 11.6 Å². The van der Waals surface area contributed by atoms with Gasteiger partial charge in [0, 0.05) is 23.8 Å². The number of carbonyl (C=O) groups is 1. The Balaban J connectivity index is 3.77. The number of carbonyl (C=O) groups excluding carboxylic acids is 1. The molecule has 1 nitrogen and oxygen atoms in total. The molecular formula is C9H14Cl2O. The Morgan fingerprint density at radius 3 is 2.50 bits per heavy atom. The molecule has 70 valence electrons. The zero-order chi connectivity index (χ0) is 9.56. The molecule has 0 aliphatic rings. The first-order chi connectivity index (χ1) is 5.56. The van der Waals surface area contributed by atoms with E-state index in [0.717, 1.165) is 0 Å². The summed E-state index contributed by atoms with van der Waals surface area (Å²) in [6, 6.07) is 0. The van der Waals surface area contributed by atoms with Crippen LogP contribution in [0.3, 0.4) is 0 Å². The molecule has 0 saturated heterocycles. The average Bonchev–Trinajstić information content (AvgIpc) is 1.84. The minimum atomic E-state index is 0.177. The summed E-state index contributed by atoms with van der Waals surface area (Å²) in [5.41, 5.74) is 0. The van der Waals surface area contributed by atoms with Gasteiger partial charge in [0.1, 0.15) is 5.78 Å². The van der Waals surface area contributed by atoms with Crippen LogP contribution in [0, 0.1) is 5.92 Å². The fraction of sp³-hybridized carbons (Fsp3) is 0.667. The highest BCUT2D eigenvalue weighted by molar-refractivity contribution is 6.31. The zero-order valence-corrected chi connectivity index (χ0v) is 8.95. The normalized spacial score (nSPS) is 12.2. The van der Waals surface area contributed by atoms with Gasteiger partial charge in [-0.25, -0.2) is 0 Å². The van der Waals surface area contributed by atoms with Gasteiger partial charge in [-0.2, -0.15) is 0 Å². The summed E-state index contributed by atoms with van der Waals surface area (Å²) < 4.78 is 0. The van der Waals surface area contributed by atoms with E-state index >= 15 is 0 Å². The number of rotatable bonds is 5. The number of alkyl halides is 1. The number of hydrogen-bond acceptors (Lipinski definition) is 1. The van der Waals surface area contributed by atoms with E-state index < -0.39 is 0 Å². The van der Waals surface area contributed by atoms with Crippen LogP contribution < -0.4 is 0 Å². The zero-order valence-electron chi connectivity index (χ0n) is 7.44. The molecule has 0 amide bonds. The van der Waals surface area contributed by atoms with E-state index in [9.17, 15) is 4.79 Å². The van der Waals surface area contributed by atoms with Gasteiger partial charge in [-0.3, -0.25) is 4.79 Å². The molecule has 12 heavy (non-hydrogen) atoms. The van der Waals surface area contributed by atoms with Crippen LogP contribution in [0.25, 0.3) is 0 Å². The molecule has 0 saturated carbocycles. The molecule has 0 fully saturated rings. The Hall–Kier alpha value is -0.0100. The first-order valence-corrected chi connectivity index (χ1v) is 4.89. The minimum Gasteiger partial charge on any atom is -0.299 e. The maximum atomic E-state index is 11.2. The van der Waals surface area contributed by atoms with E-state index in [1.807, 2.05) is 13.8 Å². The van der Waals surface area contributed by atoms with Crippen LogP contribution in [-0.2, 0) is 4.79 Å². The molecule has 0 aromatic carbocycles. The Morgan fingerprint density at radius 2 is 2.08 bits per heavy atom. The Bertz CT molecular complexity index is 173. The van der Waals surface area contributed by atoms with Crippen molar-refractivity contribution >= 4 is 29.0 Å². The third-order valence-electron chi connectivity index (χ3n) is 1.30. The highest BCUT2D eigenvalue weighted by Crippen LogP contribution is 2.12. The van der Waals surface area contributed by atoms with Crippen LogP contribution in [0.1, 0.15) is 26.7 Å². The molecular weight excluding hydrogens is 195 g/mol. The lowest BCUT2D eigenvalue weighted by Gasteiger charge is -2.02. The van der Waals surface area contributed by atoms with Gasteiger partial charge in [-0.1, -0.05) is 31.5 Å². The number of hydrogen-bond donors (Lipinski definition) is 0. The molecule has 0 rings (SSSR count). The molecule has 0 bridgehead atoms. The molecule has 0 aromatic heterocycles. The summed E-state index contributed by atoms with van der Waals surface area (Å²) in [6.45, 7) is 4.02. The van der Waals surface area contributed by atoms with Gasteiger partial charge >= 0.3 is 0 Å². The monoisotopic (exact) mass is 208 g/mol. The third-order valence-corrected chi connectivity index (χ3v) is 1.74. The van der Waals surface area contributed by atoms with Crippen molar-refractivity contribution in [3.05, 3.63) is 11.1 Å². The highest BCUT2D eigenvalue weighted by Gasteiger charge is 2.06. The molecule has 0 atom stereocenters. The lowest BCUT2D eigenvalue weighted by atomic mass is 10.1. The van der Waals surface area contributed by atoms with Gasteiger partial charge in [0.25, 0.3) is 0 Å². The second kappa shape index (κ2) is 6.50. The second-order valence-electron chi connectivity index (χ2n) is 3.12. The molecule has 0 aliphatic heterocycles. The standard InChI is InChI=1S/C9H14Cl2O/c1-7(2)5-9(12)6-8(11)3-4-10/h3,7H,4-6H2,1-2H3/b8-3-. The summed E-state index contributed by atoms with van der Waals surface area (Å²) in [5.74, 6) is 0.947. The van der Waals surface area contributed by atoms with E-state index in [2.05, 4.69) is 0 Å². The van der Waals surface area contributed by atoms with Crippen LogP contribution in [0.15, 0.2) is 11.1 Å². The van der Waals surface area contributed by atoms with Crippen molar-refractivity contribution in [2.24, 2.45) is 5.92 Å². The van der Waals surface area contributed by atoms with Crippen LogP contribution in [0.5, 0.6) is 0 Å². The van der Waals surface area contributed by atoms with Crippen LogP contribution >= 0.6 is 23.2 Å². The molecule has 0 heterocycles. The van der Waals surface area contributed by atoms with Crippen molar-refractivity contribution in [3.63, 3.8) is 0 Å². The Labute approximate surface area is 83.7 Å². The fourth-order valence-electron chi connectivity index (χ4n) is 0.872. The number of allylic oxidation sites excluding steroid dienone is 2. The first-order valence-electron chi connectivity index (χ1n) is 3.98. The van der Waals surface area contributed by atoms with Crippen LogP contribution in [0.2, 0.25) is 0 Å². The molecule has 3 heteroatoms. The van der Waals surface area contributed by atoms with Gasteiger partial charge in [0.2, 0.25) is 0 Å². The van der Waals surface area contributed by atoms with E-state index in [1.54, 1.807) is 6.08 Å². The largest absolute Gasteiger partial charge is 0.299 e. The average molecular weight is 209 g/mol. The summed E-state index contributed by atoms with van der Waals surface area (Å²) in [4.78, 5) is 11.2. The van der Waals surface area contributed by atoms with Gasteiger partial charge < -0.3 is 0 Å². The number of ketones is 1. The smallest absolute Gasteiger partial charge is 0.138 e. The molecule has 0 aromatic rings. The van der Waals surface area contributed by atoms with Gasteiger partial charge in [0.15, 0.2) is 0 Å². The predicted octanol–water partition coefficient (Wildman–Crippen LogP) is 3.35. The summed E-state index contributed by atoms with van der Waals surface area (Å²) in [7, 11) is 0. The SMILES string of the molecule is CC(C)CC(=O)C/C(Cl)=C/CCl. The summed E-state index contributed by atoms with van der Waals surface area (Å²) in [6.07, 6.45) is 2.57. The molecule has 0 aliphatic carbocycles. The number of Topliss-reactive ketones (excluding diaryl/α,β-unsaturated/α-hetero) is 1. The van der Waals surface area contributed by atoms with Crippen molar-refractivity contribution < 1.29 is 4.79 Å². The predicted molar refractivity (Wildman–Crippen MR) is 53.7 cm³/mol. The Kier molecular flexibility index (Phi) is 6.49. The fourth-order valence-corrected chi connectivity index (χ4v) is 1.36. The van der Waals surface area contributed by atoms with Gasteiger partial charge in [-0.05, 0) is 5.92 Å². The quantitative estimate of drug-likeness (QED) is 0.634. The molecule has 0 N–H and O–H groups in total. The van der Waals surface area contributed by atoms with Gasteiger partial charge in [0.05, 0.1) is 0 Å². The molecule has 0 radical (unpaired) electrons. The Morgan fingerprint density at radius 1 is 1.50 bits per heavy atom. The van der Waals surface area contributed by atoms with Crippen LogP contribution in [-0.4, -0.2) is 11.7 Å².